The summed E-state index contributed by atoms with van der Waals surface area (Å²) in [5, 5.41) is 11.9. The number of benzene rings is 1. The summed E-state index contributed by atoms with van der Waals surface area (Å²) >= 11 is 5.85. The molecule has 2 amide bonds. The maximum absolute atomic E-state index is 12.5. The van der Waals surface area contributed by atoms with Crippen molar-refractivity contribution in [2.24, 2.45) is 5.92 Å². The van der Waals surface area contributed by atoms with Gasteiger partial charge in [-0.25, -0.2) is 4.79 Å². The van der Waals surface area contributed by atoms with Crippen LogP contribution in [-0.2, 0) is 4.79 Å². The van der Waals surface area contributed by atoms with Crippen molar-refractivity contribution in [3.8, 4) is 5.75 Å². The Morgan fingerprint density at radius 1 is 1.25 bits per heavy atom. The first kappa shape index (κ1) is 18.4. The summed E-state index contributed by atoms with van der Waals surface area (Å²) in [5.41, 5.74) is 0. The topological polar surface area (TPSA) is 78.9 Å². The number of nitrogens with zero attached hydrogens (tertiary/aromatic N) is 1. The Balaban J connectivity index is 1.87. The molecule has 0 saturated carbocycles. The fraction of sp³-hybridized carbons (Fsp3) is 0.529. The van der Waals surface area contributed by atoms with Crippen LogP contribution < -0.4 is 10.1 Å². The van der Waals surface area contributed by atoms with Gasteiger partial charge in [0.05, 0.1) is 0 Å². The Hall–Kier alpha value is -1.95. The van der Waals surface area contributed by atoms with Crippen molar-refractivity contribution in [3.63, 3.8) is 0 Å². The number of amides is 2. The van der Waals surface area contributed by atoms with Gasteiger partial charge in [0.1, 0.15) is 17.9 Å². The molecule has 24 heavy (non-hydrogen) atoms. The Morgan fingerprint density at radius 2 is 1.83 bits per heavy atom. The van der Waals surface area contributed by atoms with E-state index in [1.54, 1.807) is 17.0 Å². The lowest BCUT2D eigenvalue weighted by molar-refractivity contribution is -0.136. The smallest absolute Gasteiger partial charge is 0.405 e. The number of carbonyl (C=O) groups is 2. The molecule has 0 bridgehead atoms. The third-order valence-corrected chi connectivity index (χ3v) is 4.33. The highest BCUT2D eigenvalue weighted by molar-refractivity contribution is 6.30. The van der Waals surface area contributed by atoms with Crippen molar-refractivity contribution in [2.45, 2.75) is 38.8 Å². The first-order valence-electron chi connectivity index (χ1n) is 8.07. The van der Waals surface area contributed by atoms with Gasteiger partial charge < -0.3 is 20.1 Å². The van der Waals surface area contributed by atoms with Crippen LogP contribution >= 0.6 is 11.6 Å². The number of piperidine rings is 1. The average Bonchev–Trinajstić information content (AvgIpc) is 2.54. The average molecular weight is 355 g/mol. The van der Waals surface area contributed by atoms with Crippen LogP contribution in [-0.4, -0.2) is 47.2 Å². The number of carbonyl (C=O) groups excluding carboxylic acids is 1. The highest BCUT2D eigenvalue weighted by Crippen LogP contribution is 2.21. The van der Waals surface area contributed by atoms with Gasteiger partial charge >= 0.3 is 6.09 Å². The quantitative estimate of drug-likeness (QED) is 0.852. The summed E-state index contributed by atoms with van der Waals surface area (Å²) < 4.78 is 5.90. The van der Waals surface area contributed by atoms with Crippen molar-refractivity contribution in [1.29, 1.82) is 0 Å². The number of halogens is 1. The number of hydrogen-bond acceptors (Lipinski definition) is 3. The zero-order valence-electron chi connectivity index (χ0n) is 13.9. The Morgan fingerprint density at radius 3 is 2.33 bits per heavy atom. The summed E-state index contributed by atoms with van der Waals surface area (Å²) in [7, 11) is 0. The summed E-state index contributed by atoms with van der Waals surface area (Å²) in [6.07, 6.45) is 0.293. The number of hydrogen-bond donors (Lipinski definition) is 2. The van der Waals surface area contributed by atoms with Crippen molar-refractivity contribution in [3.05, 3.63) is 29.3 Å². The molecule has 1 aromatic carbocycles. The van der Waals surface area contributed by atoms with Gasteiger partial charge in [0.25, 0.3) is 0 Å². The molecule has 0 unspecified atom stereocenters. The monoisotopic (exact) mass is 354 g/mol. The number of ether oxygens (including phenoxy) is 1. The molecule has 1 heterocycles. The second kappa shape index (κ2) is 8.24. The largest absolute Gasteiger partial charge is 0.490 e. The van der Waals surface area contributed by atoms with Gasteiger partial charge in [-0.1, -0.05) is 25.4 Å². The van der Waals surface area contributed by atoms with Crippen LogP contribution in [0.1, 0.15) is 26.7 Å². The molecule has 0 aromatic heterocycles. The Bertz CT molecular complexity index is 568. The van der Waals surface area contributed by atoms with Crippen LogP contribution in [0.2, 0.25) is 5.02 Å². The number of rotatable bonds is 5. The van der Waals surface area contributed by atoms with Crippen molar-refractivity contribution < 1.29 is 19.4 Å². The predicted octanol–water partition coefficient (Wildman–Crippen LogP) is 3.00. The van der Waals surface area contributed by atoms with E-state index in [2.05, 4.69) is 5.32 Å². The first-order chi connectivity index (χ1) is 11.4. The van der Waals surface area contributed by atoms with Crippen LogP contribution in [0, 0.1) is 5.92 Å². The predicted molar refractivity (Wildman–Crippen MR) is 91.5 cm³/mol. The van der Waals surface area contributed by atoms with Crippen molar-refractivity contribution in [2.75, 3.05) is 13.1 Å². The van der Waals surface area contributed by atoms with E-state index in [4.69, 9.17) is 21.4 Å². The number of carboxylic acid groups (broad SMARTS) is 1. The van der Waals surface area contributed by atoms with Crippen molar-refractivity contribution >= 4 is 23.6 Å². The lowest BCUT2D eigenvalue weighted by Gasteiger charge is -2.35. The van der Waals surface area contributed by atoms with E-state index >= 15 is 0 Å². The molecule has 1 atom stereocenters. The molecule has 0 aliphatic carbocycles. The summed E-state index contributed by atoms with van der Waals surface area (Å²) in [5.74, 6) is 0.491. The van der Waals surface area contributed by atoms with E-state index in [1.165, 1.54) is 0 Å². The lowest BCUT2D eigenvalue weighted by atomic mass is 10.0. The van der Waals surface area contributed by atoms with E-state index < -0.39 is 12.1 Å². The van der Waals surface area contributed by atoms with Gasteiger partial charge in [-0.15, -0.1) is 0 Å². The minimum Gasteiger partial charge on any atom is -0.490 e. The fourth-order valence-electron chi connectivity index (χ4n) is 2.74. The molecule has 0 spiro atoms. The van der Waals surface area contributed by atoms with Gasteiger partial charge in [-0.05, 0) is 30.2 Å². The second-order valence-corrected chi connectivity index (χ2v) is 6.70. The number of likely N-dealkylation sites (tertiary alicyclic amines) is 1. The van der Waals surface area contributed by atoms with E-state index in [1.807, 2.05) is 26.0 Å². The fourth-order valence-corrected chi connectivity index (χ4v) is 2.87. The molecule has 1 aliphatic rings. The molecule has 0 radical (unpaired) electrons. The summed E-state index contributed by atoms with van der Waals surface area (Å²) in [6, 6.07) is 6.49. The van der Waals surface area contributed by atoms with Crippen LogP contribution in [0.25, 0.3) is 0 Å². The first-order valence-corrected chi connectivity index (χ1v) is 8.45. The molecule has 132 valence electrons. The van der Waals surface area contributed by atoms with E-state index in [-0.39, 0.29) is 17.9 Å². The van der Waals surface area contributed by atoms with Crippen LogP contribution in [0.3, 0.4) is 0 Å². The zero-order valence-corrected chi connectivity index (χ0v) is 14.6. The Kier molecular flexibility index (Phi) is 6.31. The van der Waals surface area contributed by atoms with Crippen LogP contribution in [0.15, 0.2) is 24.3 Å². The van der Waals surface area contributed by atoms with Gasteiger partial charge in [0.15, 0.2) is 0 Å². The zero-order chi connectivity index (χ0) is 17.7. The molecular formula is C17H23ClN2O4. The number of nitrogens with one attached hydrogen (secondary N) is 1. The van der Waals surface area contributed by atoms with E-state index in [9.17, 15) is 9.59 Å². The van der Waals surface area contributed by atoms with E-state index in [0.717, 1.165) is 5.75 Å². The third-order valence-electron chi connectivity index (χ3n) is 4.08. The highest BCUT2D eigenvalue weighted by atomic mass is 35.5. The molecule has 6 nitrogen and oxygen atoms in total. The molecule has 2 rings (SSSR count). The van der Waals surface area contributed by atoms with Gasteiger partial charge in [0, 0.05) is 31.0 Å². The summed E-state index contributed by atoms with van der Waals surface area (Å²) in [4.78, 5) is 25.1. The molecule has 2 N–H and O–H groups in total. The van der Waals surface area contributed by atoms with Crippen molar-refractivity contribution in [1.82, 2.24) is 10.2 Å². The van der Waals surface area contributed by atoms with Gasteiger partial charge in [0.2, 0.25) is 5.91 Å². The summed E-state index contributed by atoms with van der Waals surface area (Å²) in [6.45, 7) is 4.77. The minimum absolute atomic E-state index is 0.0418. The Labute approximate surface area is 146 Å². The molecule has 7 heteroatoms. The van der Waals surface area contributed by atoms with Crippen LogP contribution in [0.5, 0.6) is 5.75 Å². The normalized spacial score (nSPS) is 16.8. The maximum atomic E-state index is 12.5. The van der Waals surface area contributed by atoms with E-state index in [0.29, 0.717) is 31.0 Å². The minimum atomic E-state index is -1.18. The SMILES string of the molecule is CC(C)[C@H](NC(=O)O)C(=O)N1CCC(Oc2ccc(Cl)cc2)CC1. The highest BCUT2D eigenvalue weighted by Gasteiger charge is 2.31. The molecule has 1 aliphatic heterocycles. The van der Waals surface area contributed by atoms with Gasteiger partial charge in [-0.2, -0.15) is 0 Å². The maximum Gasteiger partial charge on any atom is 0.405 e. The molecule has 1 aromatic rings. The molecular weight excluding hydrogens is 332 g/mol. The molecule has 1 saturated heterocycles. The molecule has 1 fully saturated rings. The standard InChI is InChI=1S/C17H23ClN2O4/c1-11(2)15(19-17(22)23)16(21)20-9-7-14(8-10-20)24-13-5-3-12(18)4-6-13/h3-6,11,14-15,19H,7-10H2,1-2H3,(H,22,23)/t15-/m0/s1. The third kappa shape index (κ3) is 5.03. The lowest BCUT2D eigenvalue weighted by Crippen LogP contribution is -2.53. The van der Waals surface area contributed by atoms with Crippen LogP contribution in [0.4, 0.5) is 4.79 Å². The van der Waals surface area contributed by atoms with Gasteiger partial charge in [-0.3, -0.25) is 4.79 Å². The second-order valence-electron chi connectivity index (χ2n) is 6.27.